The zero-order valence-corrected chi connectivity index (χ0v) is 18.7. The Hall–Kier alpha value is -2.28. The van der Waals surface area contributed by atoms with E-state index in [4.69, 9.17) is 14.1 Å². The lowest BCUT2D eigenvalue weighted by Gasteiger charge is -2.30. The third-order valence-electron chi connectivity index (χ3n) is 5.45. The molecule has 2 N–H and O–H groups in total. The number of furan rings is 1. The summed E-state index contributed by atoms with van der Waals surface area (Å²) in [6.07, 6.45) is 6.67. The summed E-state index contributed by atoms with van der Waals surface area (Å²) in [5.74, 6) is 3.32. The molecule has 0 bridgehead atoms. The van der Waals surface area contributed by atoms with E-state index >= 15 is 0 Å². The van der Waals surface area contributed by atoms with E-state index in [1.807, 2.05) is 43.3 Å². The molecule has 3 rings (SSSR count). The maximum absolute atomic E-state index is 12.3. The van der Waals surface area contributed by atoms with Gasteiger partial charge in [-0.15, -0.1) is 0 Å². The lowest BCUT2D eigenvalue weighted by molar-refractivity contribution is 0.413. The number of nitrogens with zero attached hydrogens (tertiary/aromatic N) is 1. The van der Waals surface area contributed by atoms with Gasteiger partial charge in [-0.05, 0) is 49.1 Å². The molecule has 164 valence electrons. The number of hydrogen-bond acceptors (Lipinski definition) is 4. The van der Waals surface area contributed by atoms with Gasteiger partial charge in [0.25, 0.3) is 0 Å². The lowest BCUT2D eigenvalue weighted by atomic mass is 9.95. The van der Waals surface area contributed by atoms with E-state index in [0.29, 0.717) is 12.6 Å². The molecule has 7 heteroatoms. The van der Waals surface area contributed by atoms with Crippen molar-refractivity contribution in [1.29, 1.82) is 0 Å². The molecule has 30 heavy (non-hydrogen) atoms. The van der Waals surface area contributed by atoms with Crippen LogP contribution in [0.1, 0.15) is 43.9 Å². The number of ether oxygens (including phenoxy) is 1. The molecule has 1 saturated carbocycles. The van der Waals surface area contributed by atoms with Crippen molar-refractivity contribution in [1.82, 2.24) is 10.6 Å². The van der Waals surface area contributed by atoms with Gasteiger partial charge < -0.3 is 19.8 Å². The van der Waals surface area contributed by atoms with E-state index < -0.39 is 10.8 Å². The van der Waals surface area contributed by atoms with Gasteiger partial charge in [0.2, 0.25) is 0 Å². The van der Waals surface area contributed by atoms with Crippen LogP contribution < -0.4 is 15.4 Å². The highest BCUT2D eigenvalue weighted by Crippen LogP contribution is 2.23. The van der Waals surface area contributed by atoms with E-state index in [0.717, 1.165) is 67.4 Å². The second kappa shape index (κ2) is 11.8. The minimum absolute atomic E-state index is 0.284. The first kappa shape index (κ1) is 22.4. The zero-order valence-electron chi connectivity index (χ0n) is 17.9. The van der Waals surface area contributed by atoms with Crippen LogP contribution in [0.3, 0.4) is 0 Å². The summed E-state index contributed by atoms with van der Waals surface area (Å²) in [6.45, 7) is 3.32. The summed E-state index contributed by atoms with van der Waals surface area (Å²) in [5.41, 5.74) is 1.12. The van der Waals surface area contributed by atoms with Gasteiger partial charge in [-0.2, -0.15) is 0 Å². The Kier molecular flexibility index (Phi) is 8.81. The third kappa shape index (κ3) is 6.90. The number of aliphatic imine (C=N–C) groups is 1. The average molecular weight is 432 g/mol. The molecule has 1 aromatic carbocycles. The van der Waals surface area contributed by atoms with E-state index in [1.165, 1.54) is 0 Å². The summed E-state index contributed by atoms with van der Waals surface area (Å²) < 4.78 is 22.9. The monoisotopic (exact) mass is 431 g/mol. The Morgan fingerprint density at radius 3 is 2.80 bits per heavy atom. The van der Waals surface area contributed by atoms with Gasteiger partial charge in [-0.25, -0.2) is 4.99 Å². The van der Waals surface area contributed by atoms with Crippen molar-refractivity contribution < 1.29 is 13.4 Å². The number of guanidine groups is 1. The smallest absolute Gasteiger partial charge is 0.191 e. The second-order valence-electron chi connectivity index (χ2n) is 7.57. The largest absolute Gasteiger partial charge is 0.497 e. The molecule has 3 unspecified atom stereocenters. The molecule has 3 atom stereocenters. The van der Waals surface area contributed by atoms with E-state index in [9.17, 15) is 4.21 Å². The van der Waals surface area contributed by atoms with Crippen LogP contribution in [0.5, 0.6) is 5.75 Å². The first-order chi connectivity index (χ1) is 14.7. The van der Waals surface area contributed by atoms with Crippen molar-refractivity contribution in [2.24, 2.45) is 4.99 Å². The Morgan fingerprint density at radius 1 is 1.27 bits per heavy atom. The van der Waals surface area contributed by atoms with Crippen LogP contribution in [0.15, 0.2) is 52.1 Å². The molecule has 1 aliphatic rings. The molecule has 0 aliphatic heterocycles. The van der Waals surface area contributed by atoms with Gasteiger partial charge in [-0.1, -0.05) is 25.5 Å². The van der Waals surface area contributed by atoms with Crippen LogP contribution in [-0.2, 0) is 23.8 Å². The molecule has 0 amide bonds. The van der Waals surface area contributed by atoms with E-state index in [1.54, 1.807) is 13.4 Å². The summed E-state index contributed by atoms with van der Waals surface area (Å²) in [5, 5.41) is 7.31. The SMILES string of the molecule is CCS(=O)C1CCCC(NC(=NCc2ccc(OC)cc2)NCCc2ccco2)C1. The quantitative estimate of drug-likeness (QED) is 0.468. The highest BCUT2D eigenvalue weighted by molar-refractivity contribution is 7.85. The van der Waals surface area contributed by atoms with Crippen LogP contribution >= 0.6 is 0 Å². The fourth-order valence-electron chi connectivity index (χ4n) is 3.76. The topological polar surface area (TPSA) is 75.9 Å². The van der Waals surface area contributed by atoms with E-state index in [2.05, 4.69) is 10.6 Å². The van der Waals surface area contributed by atoms with Crippen LogP contribution in [0.25, 0.3) is 0 Å². The zero-order chi connectivity index (χ0) is 21.2. The Morgan fingerprint density at radius 2 is 2.10 bits per heavy atom. The molecular formula is C23H33N3O3S. The van der Waals surface area contributed by atoms with Crippen LogP contribution in [0, 0.1) is 0 Å². The predicted molar refractivity (Wildman–Crippen MR) is 122 cm³/mol. The molecule has 1 aliphatic carbocycles. The van der Waals surface area contributed by atoms with Crippen molar-refractivity contribution in [3.05, 3.63) is 54.0 Å². The predicted octanol–water partition coefficient (Wildman–Crippen LogP) is 3.65. The van der Waals surface area contributed by atoms with Crippen LogP contribution in [0.4, 0.5) is 0 Å². The molecule has 2 aromatic rings. The molecule has 0 spiro atoms. The molecular weight excluding hydrogens is 398 g/mol. The summed E-state index contributed by atoms with van der Waals surface area (Å²) in [6, 6.07) is 12.2. The summed E-state index contributed by atoms with van der Waals surface area (Å²) in [7, 11) is 0.932. The number of benzene rings is 1. The number of nitrogens with one attached hydrogen (secondary N) is 2. The highest BCUT2D eigenvalue weighted by Gasteiger charge is 2.26. The Bertz CT molecular complexity index is 806. The molecule has 0 radical (unpaired) electrons. The van der Waals surface area contributed by atoms with Crippen LogP contribution in [0.2, 0.25) is 0 Å². The second-order valence-corrected chi connectivity index (χ2v) is 9.57. The van der Waals surface area contributed by atoms with Crippen molar-refractivity contribution in [2.45, 2.75) is 56.9 Å². The Labute approximate surface area is 182 Å². The molecule has 0 saturated heterocycles. The van der Waals surface area contributed by atoms with Gasteiger partial charge in [0.15, 0.2) is 5.96 Å². The van der Waals surface area contributed by atoms with Gasteiger partial charge in [0, 0.05) is 40.8 Å². The van der Waals surface area contributed by atoms with Crippen molar-refractivity contribution in [3.63, 3.8) is 0 Å². The molecule has 1 fully saturated rings. The standard InChI is InChI=1S/C23H33N3O3S/c1-3-30(27)22-8-4-6-19(16-22)26-23(24-14-13-21-7-5-15-29-21)25-17-18-9-11-20(28-2)12-10-18/h5,7,9-12,15,19,22H,3-4,6,8,13-14,16-17H2,1-2H3,(H2,24,25,26). The minimum atomic E-state index is -0.736. The summed E-state index contributed by atoms with van der Waals surface area (Å²) >= 11 is 0. The maximum Gasteiger partial charge on any atom is 0.191 e. The highest BCUT2D eigenvalue weighted by atomic mass is 32.2. The van der Waals surface area contributed by atoms with Crippen LogP contribution in [-0.4, -0.2) is 40.9 Å². The molecule has 1 aromatic heterocycles. The summed E-state index contributed by atoms with van der Waals surface area (Å²) in [4.78, 5) is 4.80. The first-order valence-corrected chi connectivity index (χ1v) is 12.1. The normalized spacial score (nSPS) is 20.5. The van der Waals surface area contributed by atoms with Crippen molar-refractivity contribution >= 4 is 16.8 Å². The van der Waals surface area contributed by atoms with E-state index in [-0.39, 0.29) is 5.25 Å². The fraction of sp³-hybridized carbons (Fsp3) is 0.522. The van der Waals surface area contributed by atoms with Crippen molar-refractivity contribution in [3.8, 4) is 5.75 Å². The maximum atomic E-state index is 12.3. The number of rotatable bonds is 9. The fourth-order valence-corrected chi connectivity index (χ4v) is 5.10. The van der Waals surface area contributed by atoms with Gasteiger partial charge >= 0.3 is 0 Å². The van der Waals surface area contributed by atoms with Gasteiger partial charge in [0.1, 0.15) is 11.5 Å². The van der Waals surface area contributed by atoms with Gasteiger partial charge in [0.05, 0.1) is 19.9 Å². The number of methoxy groups -OCH3 is 1. The molecule has 1 heterocycles. The first-order valence-electron chi connectivity index (χ1n) is 10.7. The lowest BCUT2D eigenvalue weighted by Crippen LogP contribution is -2.47. The Balaban J connectivity index is 1.62. The third-order valence-corrected chi connectivity index (χ3v) is 7.19. The van der Waals surface area contributed by atoms with Gasteiger partial charge in [-0.3, -0.25) is 4.21 Å². The number of hydrogen-bond donors (Lipinski definition) is 2. The van der Waals surface area contributed by atoms with Crippen molar-refractivity contribution in [2.75, 3.05) is 19.4 Å². The average Bonchev–Trinajstić information content (AvgIpc) is 3.31. The minimum Gasteiger partial charge on any atom is -0.497 e. The molecule has 6 nitrogen and oxygen atoms in total.